The Labute approximate surface area is 133 Å². The van der Waals surface area contributed by atoms with Crippen molar-refractivity contribution < 1.29 is 19.2 Å². The van der Waals surface area contributed by atoms with Crippen molar-refractivity contribution in [3.63, 3.8) is 0 Å². The number of benzene rings is 1. The average Bonchev–Trinajstić information content (AvgIpc) is 2.53. The number of ether oxygens (including phenoxy) is 2. The number of nitrogens with one attached hydrogen (secondary N) is 1. The third-order valence-corrected chi connectivity index (χ3v) is 4.20. The molecule has 1 heterocycles. The first-order chi connectivity index (χ1) is 10.7. The van der Waals surface area contributed by atoms with Gasteiger partial charge >= 0.3 is 0 Å². The number of carbonyl (C=O) groups excluding carboxylic acids is 1. The lowest BCUT2D eigenvalue weighted by Gasteiger charge is -2.27. The van der Waals surface area contributed by atoms with E-state index in [1.165, 1.54) is 32.5 Å². The summed E-state index contributed by atoms with van der Waals surface area (Å²) in [5.41, 5.74) is 0.613. The van der Waals surface area contributed by atoms with Crippen LogP contribution in [0.25, 0.3) is 0 Å². The molecule has 1 unspecified atom stereocenters. The number of rotatable bonds is 8. The highest BCUT2D eigenvalue weighted by Gasteiger charge is 2.18. The van der Waals surface area contributed by atoms with Crippen molar-refractivity contribution in [2.75, 3.05) is 32.8 Å². The number of carbonyl (C=O) groups is 1. The van der Waals surface area contributed by atoms with Gasteiger partial charge in [-0.3, -0.25) is 4.79 Å². The van der Waals surface area contributed by atoms with E-state index < -0.39 is 0 Å². The van der Waals surface area contributed by atoms with Gasteiger partial charge in [-0.15, -0.1) is 0 Å². The Kier molecular flexibility index (Phi) is 6.72. The van der Waals surface area contributed by atoms with Crippen LogP contribution in [0.4, 0.5) is 0 Å². The Morgan fingerprint density at radius 1 is 1.32 bits per heavy atom. The van der Waals surface area contributed by atoms with Gasteiger partial charge in [0.05, 0.1) is 32.8 Å². The Hall–Kier alpha value is -1.55. The van der Waals surface area contributed by atoms with Crippen LogP contribution in [0.1, 0.15) is 43.5 Å². The summed E-state index contributed by atoms with van der Waals surface area (Å²) in [6, 6.07) is 5.33. The molecule has 1 saturated heterocycles. The summed E-state index contributed by atoms with van der Waals surface area (Å²) >= 11 is 0. The highest BCUT2D eigenvalue weighted by molar-refractivity contribution is 5.76. The highest BCUT2D eigenvalue weighted by atomic mass is 16.5. The van der Waals surface area contributed by atoms with Crippen LogP contribution in [0.3, 0.4) is 0 Å². The van der Waals surface area contributed by atoms with Crippen molar-refractivity contribution in [1.82, 2.24) is 0 Å². The van der Waals surface area contributed by atoms with Gasteiger partial charge in [-0.1, -0.05) is 6.92 Å². The van der Waals surface area contributed by atoms with E-state index in [4.69, 9.17) is 9.47 Å². The summed E-state index contributed by atoms with van der Waals surface area (Å²) in [7, 11) is 0. The van der Waals surface area contributed by atoms with Gasteiger partial charge in [0.25, 0.3) is 0 Å². The van der Waals surface area contributed by atoms with Gasteiger partial charge in [0.1, 0.15) is 6.29 Å². The van der Waals surface area contributed by atoms with Gasteiger partial charge in [0.2, 0.25) is 0 Å². The normalized spacial score (nSPS) is 21.4. The second kappa shape index (κ2) is 8.79. The van der Waals surface area contributed by atoms with E-state index >= 15 is 0 Å². The van der Waals surface area contributed by atoms with Gasteiger partial charge in [-0.2, -0.15) is 0 Å². The number of hydrogen-bond acceptors (Lipinski definition) is 3. The van der Waals surface area contributed by atoms with Crippen LogP contribution in [0.5, 0.6) is 11.5 Å². The lowest BCUT2D eigenvalue weighted by atomic mass is 10.0. The zero-order chi connectivity index (χ0) is 15.8. The van der Waals surface area contributed by atoms with Crippen LogP contribution >= 0.6 is 0 Å². The van der Waals surface area contributed by atoms with Crippen LogP contribution in [-0.2, 0) is 0 Å². The Morgan fingerprint density at radius 2 is 2.18 bits per heavy atom. The van der Waals surface area contributed by atoms with E-state index in [-0.39, 0.29) is 0 Å². The smallest absolute Gasteiger partial charge is 0.161 e. The molecule has 0 radical (unpaired) electrons. The molecule has 0 aromatic heterocycles. The van der Waals surface area contributed by atoms with Crippen LogP contribution < -0.4 is 14.4 Å². The first-order valence-electron chi connectivity index (χ1n) is 8.41. The SMILES string of the molecule is CCOc1cc(C=O)ccc1OCCC[NH+]1CCC[C@@H](C)C1. The van der Waals surface area contributed by atoms with Crippen molar-refractivity contribution in [3.05, 3.63) is 23.8 Å². The molecule has 1 aliphatic heterocycles. The third kappa shape index (κ3) is 5.02. The molecular weight excluding hydrogens is 278 g/mol. The van der Waals surface area contributed by atoms with Gasteiger partial charge in [0.15, 0.2) is 11.5 Å². The maximum Gasteiger partial charge on any atom is 0.161 e. The molecule has 1 aromatic carbocycles. The molecule has 2 rings (SSSR count). The summed E-state index contributed by atoms with van der Waals surface area (Å²) < 4.78 is 11.4. The molecule has 1 N–H and O–H groups in total. The van der Waals surface area contributed by atoms with E-state index in [9.17, 15) is 4.79 Å². The fourth-order valence-electron chi connectivity index (χ4n) is 3.11. The molecule has 0 saturated carbocycles. The Balaban J connectivity index is 1.79. The van der Waals surface area contributed by atoms with Crippen molar-refractivity contribution in [3.8, 4) is 11.5 Å². The second-order valence-corrected chi connectivity index (χ2v) is 6.16. The molecule has 0 spiro atoms. The molecule has 122 valence electrons. The standard InChI is InChI=1S/C18H27NO3/c1-3-21-18-12-16(14-20)7-8-17(18)22-11-5-10-19-9-4-6-15(2)13-19/h7-8,12,14-15H,3-6,9-11,13H2,1-2H3/p+1/t15-/m1/s1. The summed E-state index contributed by atoms with van der Waals surface area (Å²) in [4.78, 5) is 12.5. The van der Waals surface area contributed by atoms with E-state index in [0.29, 0.717) is 24.5 Å². The van der Waals surface area contributed by atoms with E-state index in [1.54, 1.807) is 17.0 Å². The van der Waals surface area contributed by atoms with Crippen molar-refractivity contribution in [2.24, 2.45) is 5.92 Å². The first kappa shape index (κ1) is 16.8. The Morgan fingerprint density at radius 3 is 2.91 bits per heavy atom. The predicted molar refractivity (Wildman–Crippen MR) is 87.1 cm³/mol. The summed E-state index contributed by atoms with van der Waals surface area (Å²) in [6.45, 7) is 9.28. The van der Waals surface area contributed by atoms with E-state index in [1.807, 2.05) is 13.0 Å². The van der Waals surface area contributed by atoms with Gasteiger partial charge in [0, 0.05) is 17.9 Å². The Bertz CT molecular complexity index is 475. The molecule has 4 nitrogen and oxygen atoms in total. The third-order valence-electron chi connectivity index (χ3n) is 4.20. The minimum absolute atomic E-state index is 0.564. The number of quaternary nitrogens is 1. The number of hydrogen-bond donors (Lipinski definition) is 1. The van der Waals surface area contributed by atoms with Crippen molar-refractivity contribution in [2.45, 2.75) is 33.1 Å². The first-order valence-corrected chi connectivity index (χ1v) is 8.41. The molecule has 0 bridgehead atoms. The fraction of sp³-hybridized carbons (Fsp3) is 0.611. The van der Waals surface area contributed by atoms with Crippen LogP contribution in [0, 0.1) is 5.92 Å². The largest absolute Gasteiger partial charge is 0.490 e. The minimum atomic E-state index is 0.564. The molecule has 1 fully saturated rings. The van der Waals surface area contributed by atoms with E-state index in [0.717, 1.165) is 24.4 Å². The topological polar surface area (TPSA) is 40.0 Å². The van der Waals surface area contributed by atoms with Crippen LogP contribution in [-0.4, -0.2) is 39.1 Å². The number of piperidine rings is 1. The fourth-order valence-corrected chi connectivity index (χ4v) is 3.11. The van der Waals surface area contributed by atoms with Crippen LogP contribution in [0.2, 0.25) is 0 Å². The van der Waals surface area contributed by atoms with Gasteiger partial charge in [-0.05, 0) is 38.0 Å². The number of aldehydes is 1. The molecule has 2 atom stereocenters. The zero-order valence-electron chi connectivity index (χ0n) is 13.8. The highest BCUT2D eigenvalue weighted by Crippen LogP contribution is 2.28. The second-order valence-electron chi connectivity index (χ2n) is 6.16. The lowest BCUT2D eigenvalue weighted by Crippen LogP contribution is -3.13. The van der Waals surface area contributed by atoms with Crippen molar-refractivity contribution in [1.29, 1.82) is 0 Å². The quantitative estimate of drug-likeness (QED) is 0.590. The zero-order valence-corrected chi connectivity index (χ0v) is 13.8. The van der Waals surface area contributed by atoms with Gasteiger partial charge in [-0.25, -0.2) is 0 Å². The predicted octanol–water partition coefficient (Wildman–Crippen LogP) is 1.98. The lowest BCUT2D eigenvalue weighted by molar-refractivity contribution is -0.908. The average molecular weight is 306 g/mol. The van der Waals surface area contributed by atoms with Crippen molar-refractivity contribution >= 4 is 6.29 Å². The van der Waals surface area contributed by atoms with E-state index in [2.05, 4.69) is 6.92 Å². The molecule has 0 aliphatic carbocycles. The summed E-state index contributed by atoms with van der Waals surface area (Å²) in [6.07, 6.45) is 4.59. The molecule has 4 heteroatoms. The molecule has 0 amide bonds. The van der Waals surface area contributed by atoms with Gasteiger partial charge < -0.3 is 14.4 Å². The summed E-state index contributed by atoms with van der Waals surface area (Å²) in [5.74, 6) is 2.24. The monoisotopic (exact) mass is 306 g/mol. The molecule has 1 aromatic rings. The maximum absolute atomic E-state index is 10.8. The summed E-state index contributed by atoms with van der Waals surface area (Å²) in [5, 5.41) is 0. The molecule has 1 aliphatic rings. The maximum atomic E-state index is 10.8. The van der Waals surface area contributed by atoms with Crippen LogP contribution in [0.15, 0.2) is 18.2 Å². The number of likely N-dealkylation sites (tertiary alicyclic amines) is 1. The molecular formula is C18H28NO3+. The minimum Gasteiger partial charge on any atom is -0.490 e. The molecule has 22 heavy (non-hydrogen) atoms.